The Morgan fingerprint density at radius 2 is 1.85 bits per heavy atom. The molecule has 1 aromatic rings. The fraction of sp³-hybridized carbons (Fsp3) is 0.481. The van der Waals surface area contributed by atoms with E-state index >= 15 is 0 Å². The Labute approximate surface area is 198 Å². The first-order valence-electron chi connectivity index (χ1n) is 12.2. The highest BCUT2D eigenvalue weighted by molar-refractivity contribution is 6.08. The molecule has 0 radical (unpaired) electrons. The van der Waals surface area contributed by atoms with E-state index in [1.165, 1.54) is 17.7 Å². The summed E-state index contributed by atoms with van der Waals surface area (Å²) in [5, 5.41) is 9.27. The van der Waals surface area contributed by atoms with Crippen LogP contribution in [0.1, 0.15) is 44.1 Å². The number of fused-ring (bicyclic) bond motifs is 1. The van der Waals surface area contributed by atoms with Crippen molar-refractivity contribution >= 4 is 11.4 Å². The molecule has 0 amide bonds. The number of aliphatic imine (C=N–C) groups is 1. The van der Waals surface area contributed by atoms with E-state index in [1.807, 2.05) is 18.4 Å². The molecule has 4 aliphatic rings. The van der Waals surface area contributed by atoms with Crippen molar-refractivity contribution in [3.63, 3.8) is 0 Å². The summed E-state index contributed by atoms with van der Waals surface area (Å²) in [6, 6.07) is 8.49. The van der Waals surface area contributed by atoms with Gasteiger partial charge in [-0.05, 0) is 67.9 Å². The Kier molecular flexibility index (Phi) is 6.35. The number of nitriles is 1. The zero-order valence-electron chi connectivity index (χ0n) is 19.2. The molecule has 0 unspecified atom stereocenters. The molecule has 1 aromatic carbocycles. The van der Waals surface area contributed by atoms with Crippen LogP contribution in [0.3, 0.4) is 0 Å². The van der Waals surface area contributed by atoms with Crippen molar-refractivity contribution in [2.24, 2.45) is 10.9 Å². The average Bonchev–Trinajstić information content (AvgIpc) is 3.11. The van der Waals surface area contributed by atoms with Gasteiger partial charge in [-0.25, -0.2) is 0 Å². The van der Waals surface area contributed by atoms with Gasteiger partial charge in [0.15, 0.2) is 0 Å². The summed E-state index contributed by atoms with van der Waals surface area (Å²) >= 11 is 0. The molecule has 0 bridgehead atoms. The minimum absolute atomic E-state index is 0.482. The van der Waals surface area contributed by atoms with E-state index in [0.29, 0.717) is 17.6 Å². The molecular weight excluding hydrogens is 437 g/mol. The molecule has 5 rings (SSSR count). The van der Waals surface area contributed by atoms with Gasteiger partial charge in [-0.15, -0.1) is 0 Å². The average molecular weight is 467 g/mol. The van der Waals surface area contributed by atoms with Crippen molar-refractivity contribution < 1.29 is 13.2 Å². The van der Waals surface area contributed by atoms with Gasteiger partial charge in [0.2, 0.25) is 0 Å². The molecule has 2 aliphatic heterocycles. The van der Waals surface area contributed by atoms with Gasteiger partial charge in [-0.3, -0.25) is 9.89 Å². The van der Waals surface area contributed by atoms with Crippen LogP contribution < -0.4 is 4.90 Å². The van der Waals surface area contributed by atoms with Crippen LogP contribution in [0.2, 0.25) is 0 Å². The fourth-order valence-corrected chi connectivity index (χ4v) is 5.80. The molecule has 1 saturated carbocycles. The van der Waals surface area contributed by atoms with E-state index in [9.17, 15) is 18.4 Å². The summed E-state index contributed by atoms with van der Waals surface area (Å²) in [6.07, 6.45) is 7.78. The minimum Gasteiger partial charge on any atom is -0.370 e. The van der Waals surface area contributed by atoms with Crippen LogP contribution in [0, 0.1) is 17.2 Å². The van der Waals surface area contributed by atoms with Crippen molar-refractivity contribution in [2.75, 3.05) is 31.1 Å². The second kappa shape index (κ2) is 9.42. The second-order valence-electron chi connectivity index (χ2n) is 9.62. The predicted molar refractivity (Wildman–Crippen MR) is 128 cm³/mol. The molecule has 0 aromatic heterocycles. The molecule has 7 heteroatoms. The lowest BCUT2D eigenvalue weighted by Crippen LogP contribution is -2.40. The topological polar surface area (TPSA) is 42.6 Å². The van der Waals surface area contributed by atoms with E-state index in [2.05, 4.69) is 20.9 Å². The van der Waals surface area contributed by atoms with Gasteiger partial charge in [0.1, 0.15) is 0 Å². The molecule has 0 atom stereocenters. The van der Waals surface area contributed by atoms with Gasteiger partial charge < -0.3 is 4.90 Å². The third-order valence-corrected chi connectivity index (χ3v) is 7.65. The summed E-state index contributed by atoms with van der Waals surface area (Å²) in [5.74, 6) is 0.482. The highest BCUT2D eigenvalue weighted by Gasteiger charge is 2.33. The molecule has 0 spiro atoms. The molecule has 0 N–H and O–H groups in total. The molecule has 178 valence electrons. The number of allylic oxidation sites excluding steroid dienone is 5. The van der Waals surface area contributed by atoms with Crippen molar-refractivity contribution in [2.45, 2.75) is 50.7 Å². The van der Waals surface area contributed by atoms with Crippen LogP contribution in [0.15, 0.2) is 64.3 Å². The smallest absolute Gasteiger partial charge is 0.370 e. The van der Waals surface area contributed by atoms with Gasteiger partial charge in [-0.2, -0.15) is 18.4 Å². The third kappa shape index (κ3) is 4.69. The SMILES string of the molecule is N#CC1=CCC2=NC=C(C3CCC(N4CCCN(c5cccc(C(F)(F)F)c5)CC4)CC3)C2=C1. The quantitative estimate of drug-likeness (QED) is 0.558. The highest BCUT2D eigenvalue weighted by atomic mass is 19.4. The fourth-order valence-electron chi connectivity index (χ4n) is 5.80. The number of anilines is 1. The van der Waals surface area contributed by atoms with Crippen LogP contribution in [0.5, 0.6) is 0 Å². The summed E-state index contributed by atoms with van der Waals surface area (Å²) in [5.41, 5.74) is 4.35. The van der Waals surface area contributed by atoms with Crippen LogP contribution in [-0.2, 0) is 6.18 Å². The first kappa shape index (κ1) is 22.9. The number of hydrogen-bond acceptors (Lipinski definition) is 4. The lowest BCUT2D eigenvalue weighted by atomic mass is 9.77. The van der Waals surface area contributed by atoms with Crippen LogP contribution in [0.4, 0.5) is 18.9 Å². The monoisotopic (exact) mass is 466 g/mol. The number of halogens is 3. The molecule has 34 heavy (non-hydrogen) atoms. The standard InChI is InChI=1S/C27H29F3N4/c28-27(29,30)21-3-1-4-23(16-21)34-12-2-11-33(13-14-34)22-8-6-20(7-9-22)25-18-32-26-10-5-19(17-31)15-24(25)26/h1,3-5,15-16,18,20,22H,2,6-14H2. The maximum Gasteiger partial charge on any atom is 0.416 e. The Hall–Kier alpha value is -2.85. The first-order valence-corrected chi connectivity index (χ1v) is 12.2. The predicted octanol–water partition coefficient (Wildman–Crippen LogP) is 5.89. The molecule has 2 fully saturated rings. The Morgan fingerprint density at radius 1 is 1.03 bits per heavy atom. The molecule has 2 aliphatic carbocycles. The number of alkyl halides is 3. The van der Waals surface area contributed by atoms with Crippen molar-refractivity contribution in [1.29, 1.82) is 5.26 Å². The lowest BCUT2D eigenvalue weighted by molar-refractivity contribution is -0.137. The van der Waals surface area contributed by atoms with Crippen molar-refractivity contribution in [1.82, 2.24) is 4.90 Å². The van der Waals surface area contributed by atoms with Gasteiger partial charge in [0.25, 0.3) is 0 Å². The zero-order valence-corrected chi connectivity index (χ0v) is 19.2. The third-order valence-electron chi connectivity index (χ3n) is 7.65. The zero-order chi connectivity index (χ0) is 23.7. The summed E-state index contributed by atoms with van der Waals surface area (Å²) in [6.45, 7) is 3.40. The van der Waals surface area contributed by atoms with Crippen molar-refractivity contribution in [3.05, 3.63) is 64.9 Å². The molecular formula is C27H29F3N4. The maximum atomic E-state index is 13.1. The summed E-state index contributed by atoms with van der Waals surface area (Å²) < 4.78 is 39.4. The van der Waals surface area contributed by atoms with Gasteiger partial charge >= 0.3 is 6.18 Å². The van der Waals surface area contributed by atoms with Crippen LogP contribution in [0.25, 0.3) is 0 Å². The van der Waals surface area contributed by atoms with E-state index in [4.69, 9.17) is 0 Å². The van der Waals surface area contributed by atoms with Gasteiger partial charge in [0.05, 0.1) is 17.3 Å². The lowest BCUT2D eigenvalue weighted by Gasteiger charge is -2.37. The van der Waals surface area contributed by atoms with Crippen LogP contribution >= 0.6 is 0 Å². The maximum absolute atomic E-state index is 13.1. The Bertz CT molecular complexity index is 1100. The summed E-state index contributed by atoms with van der Waals surface area (Å²) in [4.78, 5) is 9.25. The Balaban J connectivity index is 1.17. The number of benzene rings is 1. The number of hydrogen-bond donors (Lipinski definition) is 0. The molecule has 1 saturated heterocycles. The summed E-state index contributed by atoms with van der Waals surface area (Å²) in [7, 11) is 0. The minimum atomic E-state index is -4.31. The van der Waals surface area contributed by atoms with E-state index in [1.54, 1.807) is 6.07 Å². The van der Waals surface area contributed by atoms with E-state index in [-0.39, 0.29) is 0 Å². The van der Waals surface area contributed by atoms with Crippen molar-refractivity contribution in [3.8, 4) is 6.07 Å². The van der Waals surface area contributed by atoms with E-state index in [0.717, 1.165) is 87.6 Å². The second-order valence-corrected chi connectivity index (χ2v) is 9.62. The highest BCUT2D eigenvalue weighted by Crippen LogP contribution is 2.40. The first-order chi connectivity index (χ1) is 16.4. The number of rotatable bonds is 3. The number of nitrogens with zero attached hydrogens (tertiary/aromatic N) is 4. The molecule has 4 nitrogen and oxygen atoms in total. The van der Waals surface area contributed by atoms with Crippen LogP contribution in [-0.4, -0.2) is 42.8 Å². The largest absolute Gasteiger partial charge is 0.416 e. The molecule has 2 heterocycles. The van der Waals surface area contributed by atoms with E-state index < -0.39 is 11.7 Å². The van der Waals surface area contributed by atoms with Gasteiger partial charge in [-0.1, -0.05) is 12.1 Å². The Morgan fingerprint density at radius 3 is 2.62 bits per heavy atom. The normalized spacial score (nSPS) is 26.0. The van der Waals surface area contributed by atoms with Gasteiger partial charge in [0, 0.05) is 61.7 Å².